The third-order valence-electron chi connectivity index (χ3n) is 5.36. The summed E-state index contributed by atoms with van der Waals surface area (Å²) < 4.78 is 11.3. The quantitative estimate of drug-likeness (QED) is 0.367. The molecule has 0 fully saturated rings. The van der Waals surface area contributed by atoms with Gasteiger partial charge in [-0.15, -0.1) is 11.3 Å². The van der Waals surface area contributed by atoms with E-state index in [9.17, 15) is 4.79 Å². The van der Waals surface area contributed by atoms with Crippen molar-refractivity contribution in [3.8, 4) is 21.9 Å². The average molecular weight is 442 g/mol. The maximum Gasteiger partial charge on any atom is 0.264 e. The molecule has 5 rings (SSSR count). The van der Waals surface area contributed by atoms with Crippen LogP contribution >= 0.6 is 11.3 Å². The second kappa shape index (κ2) is 9.28. The highest BCUT2D eigenvalue weighted by atomic mass is 32.1. The van der Waals surface area contributed by atoms with Crippen molar-refractivity contribution >= 4 is 17.2 Å². The summed E-state index contributed by atoms with van der Waals surface area (Å²) in [6.45, 7) is 2.25. The number of rotatable bonds is 6. The Balaban J connectivity index is 1.40. The van der Waals surface area contributed by atoms with Crippen molar-refractivity contribution < 1.29 is 14.3 Å². The summed E-state index contributed by atoms with van der Waals surface area (Å²) in [5.74, 6) is 1.56. The van der Waals surface area contributed by atoms with Crippen LogP contribution < -0.4 is 9.47 Å². The summed E-state index contributed by atoms with van der Waals surface area (Å²) in [6, 6.07) is 30.1. The predicted molar refractivity (Wildman–Crippen MR) is 127 cm³/mol. The molecule has 3 aromatic carbocycles. The zero-order chi connectivity index (χ0) is 21.8. The molecule has 0 aliphatic carbocycles. The highest BCUT2D eigenvalue weighted by molar-refractivity contribution is 7.17. The molecular formula is C27H23NO3S. The van der Waals surface area contributed by atoms with Gasteiger partial charge >= 0.3 is 0 Å². The van der Waals surface area contributed by atoms with Crippen LogP contribution in [0.1, 0.15) is 20.8 Å². The van der Waals surface area contributed by atoms with Crippen molar-refractivity contribution in [1.82, 2.24) is 4.90 Å². The van der Waals surface area contributed by atoms with E-state index < -0.39 is 0 Å². The smallest absolute Gasteiger partial charge is 0.264 e. The molecule has 0 bridgehead atoms. The van der Waals surface area contributed by atoms with Gasteiger partial charge in [0.2, 0.25) is 0 Å². The summed E-state index contributed by atoms with van der Waals surface area (Å²) in [5, 5.41) is 0. The molecule has 0 saturated heterocycles. The fourth-order valence-corrected chi connectivity index (χ4v) is 4.74. The Bertz CT molecular complexity index is 1160. The van der Waals surface area contributed by atoms with Crippen molar-refractivity contribution in [2.24, 2.45) is 0 Å². The minimum atomic E-state index is 0.0338. The lowest BCUT2D eigenvalue weighted by Gasteiger charge is -2.22. The average Bonchev–Trinajstić information content (AvgIpc) is 3.35. The number of fused-ring (bicyclic) bond motifs is 1. The Morgan fingerprint density at radius 2 is 1.38 bits per heavy atom. The molecule has 160 valence electrons. The first-order valence-electron chi connectivity index (χ1n) is 10.6. The first-order chi connectivity index (χ1) is 15.8. The fraction of sp³-hybridized carbons (Fsp3) is 0.148. The van der Waals surface area contributed by atoms with Gasteiger partial charge in [-0.2, -0.15) is 0 Å². The van der Waals surface area contributed by atoms with Gasteiger partial charge in [0.05, 0.1) is 4.88 Å². The van der Waals surface area contributed by atoms with Gasteiger partial charge in [-0.1, -0.05) is 60.7 Å². The van der Waals surface area contributed by atoms with Crippen LogP contribution in [0, 0.1) is 0 Å². The van der Waals surface area contributed by atoms with Crippen LogP contribution in [0.3, 0.4) is 0 Å². The number of hydrogen-bond donors (Lipinski definition) is 0. The number of nitrogens with zero attached hydrogens (tertiary/aromatic N) is 1. The summed E-state index contributed by atoms with van der Waals surface area (Å²) in [6.07, 6.45) is 0. The van der Waals surface area contributed by atoms with E-state index in [-0.39, 0.29) is 5.91 Å². The van der Waals surface area contributed by atoms with Gasteiger partial charge in [0, 0.05) is 18.0 Å². The van der Waals surface area contributed by atoms with Crippen LogP contribution in [0.4, 0.5) is 0 Å². The van der Waals surface area contributed by atoms with Gasteiger partial charge in [-0.3, -0.25) is 4.79 Å². The molecule has 1 amide bonds. The van der Waals surface area contributed by atoms with E-state index in [1.807, 2.05) is 71.6 Å². The molecule has 32 heavy (non-hydrogen) atoms. The molecule has 0 unspecified atom stereocenters. The molecule has 1 aliphatic heterocycles. The van der Waals surface area contributed by atoms with E-state index in [2.05, 4.69) is 24.3 Å². The number of benzene rings is 3. The van der Waals surface area contributed by atoms with E-state index in [4.69, 9.17) is 9.47 Å². The standard InChI is InChI=1S/C27H23NO3S/c29-27(28(18-20-7-3-1-4-8-20)19-21-9-5-2-6-10-21)26-14-13-25(32-26)22-11-12-23-24(17-22)31-16-15-30-23/h1-14,17H,15-16,18-19H2. The molecule has 1 aliphatic rings. The summed E-state index contributed by atoms with van der Waals surface area (Å²) in [7, 11) is 0. The molecule has 0 N–H and O–H groups in total. The van der Waals surface area contributed by atoms with E-state index in [0.29, 0.717) is 26.3 Å². The highest BCUT2D eigenvalue weighted by Crippen LogP contribution is 2.37. The number of hydrogen-bond acceptors (Lipinski definition) is 4. The van der Waals surface area contributed by atoms with Crippen molar-refractivity contribution in [1.29, 1.82) is 0 Å². The molecule has 0 spiro atoms. The van der Waals surface area contributed by atoms with E-state index >= 15 is 0 Å². The van der Waals surface area contributed by atoms with Crippen molar-refractivity contribution in [2.75, 3.05) is 13.2 Å². The molecule has 0 atom stereocenters. The molecule has 0 saturated carbocycles. The van der Waals surface area contributed by atoms with Gasteiger partial charge in [-0.25, -0.2) is 0 Å². The number of carbonyl (C=O) groups excluding carboxylic acids is 1. The third kappa shape index (κ3) is 4.53. The largest absolute Gasteiger partial charge is 0.486 e. The molecule has 2 heterocycles. The zero-order valence-electron chi connectivity index (χ0n) is 17.6. The molecule has 1 aromatic heterocycles. The van der Waals surface area contributed by atoms with Crippen LogP contribution in [-0.4, -0.2) is 24.0 Å². The maximum absolute atomic E-state index is 13.5. The lowest BCUT2D eigenvalue weighted by Crippen LogP contribution is -2.29. The second-order valence-electron chi connectivity index (χ2n) is 7.65. The van der Waals surface area contributed by atoms with Gasteiger partial charge in [0.1, 0.15) is 13.2 Å². The lowest BCUT2D eigenvalue weighted by molar-refractivity contribution is 0.0735. The van der Waals surface area contributed by atoms with Gasteiger partial charge in [0.25, 0.3) is 5.91 Å². The number of ether oxygens (including phenoxy) is 2. The summed E-state index contributed by atoms with van der Waals surface area (Å²) in [5.41, 5.74) is 3.25. The normalized spacial score (nSPS) is 12.4. The topological polar surface area (TPSA) is 38.8 Å². The fourth-order valence-electron chi connectivity index (χ4n) is 3.77. The van der Waals surface area contributed by atoms with Crippen LogP contribution in [0.5, 0.6) is 11.5 Å². The van der Waals surface area contributed by atoms with Crippen molar-refractivity contribution in [2.45, 2.75) is 13.1 Å². The first kappa shape index (κ1) is 20.3. The van der Waals surface area contributed by atoms with Crippen LogP contribution in [0.15, 0.2) is 91.0 Å². The summed E-state index contributed by atoms with van der Waals surface area (Å²) in [4.78, 5) is 17.2. The van der Waals surface area contributed by atoms with E-state index in [1.165, 1.54) is 11.3 Å². The second-order valence-corrected chi connectivity index (χ2v) is 8.74. The molecular weight excluding hydrogens is 418 g/mol. The van der Waals surface area contributed by atoms with Gasteiger partial charge in [0.15, 0.2) is 11.5 Å². The van der Waals surface area contributed by atoms with Crippen molar-refractivity contribution in [3.63, 3.8) is 0 Å². The summed E-state index contributed by atoms with van der Waals surface area (Å²) >= 11 is 1.51. The van der Waals surface area contributed by atoms with Crippen LogP contribution in [0.25, 0.3) is 10.4 Å². The Hall–Kier alpha value is -3.57. The molecule has 4 nitrogen and oxygen atoms in total. The van der Waals surface area contributed by atoms with Crippen LogP contribution in [-0.2, 0) is 13.1 Å². The van der Waals surface area contributed by atoms with Gasteiger partial charge in [-0.05, 0) is 47.0 Å². The SMILES string of the molecule is O=C(c1ccc(-c2ccc3c(c2)OCCO3)s1)N(Cc1ccccc1)Cc1ccccc1. The van der Waals surface area contributed by atoms with Crippen LogP contribution in [0.2, 0.25) is 0 Å². The van der Waals surface area contributed by atoms with E-state index in [0.717, 1.165) is 37.9 Å². The maximum atomic E-state index is 13.5. The molecule has 5 heteroatoms. The Morgan fingerprint density at radius 3 is 2.03 bits per heavy atom. The minimum Gasteiger partial charge on any atom is -0.486 e. The Labute approximate surface area is 191 Å². The van der Waals surface area contributed by atoms with E-state index in [1.54, 1.807) is 0 Å². The first-order valence-corrected chi connectivity index (χ1v) is 11.4. The number of carbonyl (C=O) groups is 1. The monoisotopic (exact) mass is 441 g/mol. The minimum absolute atomic E-state index is 0.0338. The highest BCUT2D eigenvalue weighted by Gasteiger charge is 2.20. The lowest BCUT2D eigenvalue weighted by atomic mass is 10.1. The van der Waals surface area contributed by atoms with Gasteiger partial charge < -0.3 is 14.4 Å². The number of amides is 1. The Morgan fingerprint density at radius 1 is 0.750 bits per heavy atom. The van der Waals surface area contributed by atoms with Crippen molar-refractivity contribution in [3.05, 3.63) is 107 Å². The zero-order valence-corrected chi connectivity index (χ0v) is 18.4. The number of thiophene rings is 1. The molecule has 4 aromatic rings. The Kier molecular flexibility index (Phi) is 5.90. The molecule has 0 radical (unpaired) electrons. The predicted octanol–water partition coefficient (Wildman–Crippen LogP) is 6.03. The third-order valence-corrected chi connectivity index (χ3v) is 6.49.